The largest absolute Gasteiger partial charge is 0.374 e. The highest BCUT2D eigenvalue weighted by Crippen LogP contribution is 2.15. The smallest absolute Gasteiger partial charge is 0.261 e. The van der Waals surface area contributed by atoms with Crippen LogP contribution in [-0.2, 0) is 4.74 Å². The molecule has 1 atom stereocenters. The zero-order chi connectivity index (χ0) is 13.5. The van der Waals surface area contributed by atoms with Crippen molar-refractivity contribution in [1.82, 2.24) is 5.32 Å². The van der Waals surface area contributed by atoms with Gasteiger partial charge in [0.25, 0.3) is 6.43 Å². The predicted octanol–water partition coefficient (Wildman–Crippen LogP) is 2.90. The van der Waals surface area contributed by atoms with E-state index in [-0.39, 0.29) is 12.6 Å². The van der Waals surface area contributed by atoms with Gasteiger partial charge in [-0.15, -0.1) is 0 Å². The number of halogens is 4. The first-order chi connectivity index (χ1) is 8.50. The fourth-order valence-corrected chi connectivity index (χ4v) is 1.42. The third-order valence-corrected chi connectivity index (χ3v) is 2.38. The molecule has 6 heteroatoms. The summed E-state index contributed by atoms with van der Waals surface area (Å²) in [5.74, 6) is -1.80. The molecular formula is C12H15F4NO. The Labute approximate surface area is 103 Å². The summed E-state index contributed by atoms with van der Waals surface area (Å²) in [6, 6.07) is 3.41. The molecule has 0 aromatic heterocycles. The number of hydrogen-bond acceptors (Lipinski definition) is 2. The van der Waals surface area contributed by atoms with Crippen LogP contribution >= 0.6 is 0 Å². The van der Waals surface area contributed by atoms with E-state index in [1.807, 2.05) is 0 Å². The monoisotopic (exact) mass is 265 g/mol. The van der Waals surface area contributed by atoms with Crippen LogP contribution in [0.15, 0.2) is 18.2 Å². The molecular weight excluding hydrogens is 250 g/mol. The lowest BCUT2D eigenvalue weighted by Crippen LogP contribution is -2.24. The fraction of sp³-hybridized carbons (Fsp3) is 0.500. The van der Waals surface area contributed by atoms with Crippen molar-refractivity contribution in [3.63, 3.8) is 0 Å². The van der Waals surface area contributed by atoms with Crippen molar-refractivity contribution >= 4 is 0 Å². The minimum absolute atomic E-state index is 0.137. The van der Waals surface area contributed by atoms with Gasteiger partial charge in [0.05, 0.1) is 6.61 Å². The van der Waals surface area contributed by atoms with Crippen molar-refractivity contribution in [2.24, 2.45) is 0 Å². The summed E-state index contributed by atoms with van der Waals surface area (Å²) >= 11 is 0. The van der Waals surface area contributed by atoms with Crippen LogP contribution in [-0.4, -0.2) is 26.2 Å². The molecule has 1 aromatic rings. The maximum Gasteiger partial charge on any atom is 0.261 e. The molecule has 1 rings (SSSR count). The van der Waals surface area contributed by atoms with Crippen molar-refractivity contribution < 1.29 is 22.3 Å². The van der Waals surface area contributed by atoms with E-state index < -0.39 is 24.7 Å². The van der Waals surface area contributed by atoms with E-state index in [0.717, 1.165) is 12.1 Å². The zero-order valence-electron chi connectivity index (χ0n) is 9.93. The summed E-state index contributed by atoms with van der Waals surface area (Å²) in [4.78, 5) is 0. The molecule has 18 heavy (non-hydrogen) atoms. The second kappa shape index (κ2) is 7.33. The van der Waals surface area contributed by atoms with Crippen LogP contribution in [0.25, 0.3) is 0 Å². The molecule has 102 valence electrons. The molecule has 0 spiro atoms. The van der Waals surface area contributed by atoms with Gasteiger partial charge in [0, 0.05) is 12.6 Å². The Morgan fingerprint density at radius 2 is 1.94 bits per heavy atom. The van der Waals surface area contributed by atoms with Crippen LogP contribution in [0.4, 0.5) is 17.6 Å². The quantitative estimate of drug-likeness (QED) is 0.604. The van der Waals surface area contributed by atoms with Gasteiger partial charge in [-0.05, 0) is 24.6 Å². The summed E-state index contributed by atoms with van der Waals surface area (Å²) in [5.41, 5.74) is 0.586. The molecule has 0 aliphatic rings. The lowest BCUT2D eigenvalue weighted by Gasteiger charge is -2.14. The number of alkyl halides is 2. The summed E-state index contributed by atoms with van der Waals surface area (Å²) in [7, 11) is 0. The Balaban J connectivity index is 2.31. The molecule has 1 aromatic carbocycles. The van der Waals surface area contributed by atoms with Crippen molar-refractivity contribution in [3.8, 4) is 0 Å². The maximum atomic E-state index is 13.0. The molecule has 2 nitrogen and oxygen atoms in total. The van der Waals surface area contributed by atoms with Gasteiger partial charge >= 0.3 is 0 Å². The van der Waals surface area contributed by atoms with Gasteiger partial charge in [-0.25, -0.2) is 17.6 Å². The predicted molar refractivity (Wildman–Crippen MR) is 59.6 cm³/mol. The molecule has 0 fully saturated rings. The number of benzene rings is 1. The first kappa shape index (κ1) is 14.9. The van der Waals surface area contributed by atoms with Gasteiger partial charge in [-0.3, -0.25) is 0 Å². The molecule has 1 unspecified atom stereocenters. The molecule has 0 saturated heterocycles. The minimum atomic E-state index is -2.48. The second-order valence-corrected chi connectivity index (χ2v) is 3.82. The Bertz CT molecular complexity index is 373. The topological polar surface area (TPSA) is 21.3 Å². The Kier molecular flexibility index (Phi) is 6.07. The lowest BCUT2D eigenvalue weighted by molar-refractivity contribution is 0.0183. The van der Waals surface area contributed by atoms with E-state index in [1.54, 1.807) is 6.92 Å². The van der Waals surface area contributed by atoms with Crippen LogP contribution in [0.1, 0.15) is 18.5 Å². The van der Waals surface area contributed by atoms with Crippen molar-refractivity contribution in [1.29, 1.82) is 0 Å². The van der Waals surface area contributed by atoms with E-state index in [4.69, 9.17) is 0 Å². The van der Waals surface area contributed by atoms with Crippen molar-refractivity contribution in [2.45, 2.75) is 19.4 Å². The highest BCUT2D eigenvalue weighted by molar-refractivity contribution is 5.20. The standard InChI is InChI=1S/C12H15F4NO/c1-8(17-4-5-18-7-12(15)16)9-2-3-10(13)11(14)6-9/h2-3,6,8,12,17H,4-5,7H2,1H3. The van der Waals surface area contributed by atoms with Gasteiger partial charge in [0.1, 0.15) is 6.61 Å². The second-order valence-electron chi connectivity index (χ2n) is 3.82. The average molecular weight is 265 g/mol. The Hall–Kier alpha value is -1.14. The number of rotatable bonds is 7. The first-order valence-corrected chi connectivity index (χ1v) is 5.55. The van der Waals surface area contributed by atoms with Crippen LogP contribution in [0.5, 0.6) is 0 Å². The zero-order valence-corrected chi connectivity index (χ0v) is 9.93. The van der Waals surface area contributed by atoms with Gasteiger partial charge < -0.3 is 10.1 Å². The molecule has 0 aliphatic heterocycles. The van der Waals surface area contributed by atoms with Crippen LogP contribution in [0.2, 0.25) is 0 Å². The number of hydrogen-bond donors (Lipinski definition) is 1. The van der Waals surface area contributed by atoms with Gasteiger partial charge in [-0.2, -0.15) is 0 Å². The van der Waals surface area contributed by atoms with Gasteiger partial charge in [0.15, 0.2) is 11.6 Å². The summed E-state index contributed by atoms with van der Waals surface area (Å²) in [5, 5.41) is 2.96. The average Bonchev–Trinajstić information content (AvgIpc) is 2.31. The fourth-order valence-electron chi connectivity index (χ4n) is 1.42. The normalized spacial score (nSPS) is 13.0. The molecule has 0 bridgehead atoms. The van der Waals surface area contributed by atoms with Crippen molar-refractivity contribution in [2.75, 3.05) is 19.8 Å². The highest BCUT2D eigenvalue weighted by atomic mass is 19.3. The minimum Gasteiger partial charge on any atom is -0.374 e. The summed E-state index contributed by atoms with van der Waals surface area (Å²) in [6.07, 6.45) is -2.48. The van der Waals surface area contributed by atoms with Crippen LogP contribution < -0.4 is 5.32 Å². The van der Waals surface area contributed by atoms with Gasteiger partial charge in [0.2, 0.25) is 0 Å². The van der Waals surface area contributed by atoms with E-state index in [2.05, 4.69) is 10.1 Å². The molecule has 0 heterocycles. The number of ether oxygens (including phenoxy) is 1. The van der Waals surface area contributed by atoms with E-state index >= 15 is 0 Å². The third kappa shape index (κ3) is 5.01. The maximum absolute atomic E-state index is 13.0. The highest BCUT2D eigenvalue weighted by Gasteiger charge is 2.08. The molecule has 0 aliphatic carbocycles. The molecule has 1 N–H and O–H groups in total. The third-order valence-electron chi connectivity index (χ3n) is 2.38. The SMILES string of the molecule is CC(NCCOCC(F)F)c1ccc(F)c(F)c1. The lowest BCUT2D eigenvalue weighted by atomic mass is 10.1. The van der Waals surface area contributed by atoms with E-state index in [1.165, 1.54) is 6.07 Å². The summed E-state index contributed by atoms with van der Waals surface area (Å²) in [6.45, 7) is 1.66. The van der Waals surface area contributed by atoms with Crippen LogP contribution in [0.3, 0.4) is 0 Å². The molecule has 0 saturated carbocycles. The molecule has 0 radical (unpaired) electrons. The van der Waals surface area contributed by atoms with E-state index in [9.17, 15) is 17.6 Å². The summed E-state index contributed by atoms with van der Waals surface area (Å²) < 4.78 is 53.8. The first-order valence-electron chi connectivity index (χ1n) is 5.55. The van der Waals surface area contributed by atoms with E-state index in [0.29, 0.717) is 12.1 Å². The van der Waals surface area contributed by atoms with Gasteiger partial charge in [-0.1, -0.05) is 6.07 Å². The van der Waals surface area contributed by atoms with Crippen molar-refractivity contribution in [3.05, 3.63) is 35.4 Å². The molecule has 0 amide bonds. The Morgan fingerprint density at radius 3 is 2.56 bits per heavy atom. The Morgan fingerprint density at radius 1 is 1.22 bits per heavy atom. The van der Waals surface area contributed by atoms with Crippen LogP contribution in [0, 0.1) is 11.6 Å². The number of nitrogens with one attached hydrogen (secondary N) is 1.